The third kappa shape index (κ3) is 2.08. The highest BCUT2D eigenvalue weighted by Gasteiger charge is 2.14. The minimum absolute atomic E-state index is 0.0217. The van der Waals surface area contributed by atoms with Gasteiger partial charge in [0.25, 0.3) is 0 Å². The first-order valence-electron chi connectivity index (χ1n) is 5.80. The smallest absolute Gasteiger partial charge is 0.141 e. The maximum absolute atomic E-state index is 13.2. The van der Waals surface area contributed by atoms with Gasteiger partial charge in [0, 0.05) is 37.2 Å². The van der Waals surface area contributed by atoms with Crippen molar-refractivity contribution in [1.82, 2.24) is 14.3 Å². The van der Waals surface area contributed by atoms with Crippen LogP contribution in [0.1, 0.15) is 12.0 Å². The first-order valence-corrected chi connectivity index (χ1v) is 5.80. The number of pyridine rings is 1. The fraction of sp³-hybridized carbons (Fsp3) is 0.308. The topological polar surface area (TPSA) is 20.5 Å². The summed E-state index contributed by atoms with van der Waals surface area (Å²) in [6.07, 6.45) is 8.16. The van der Waals surface area contributed by atoms with Gasteiger partial charge in [-0.05, 0) is 12.5 Å². The number of rotatable bonds is 2. The number of aromatic nitrogens is 2. The fourth-order valence-electron chi connectivity index (χ4n) is 2.27. The van der Waals surface area contributed by atoms with Crippen LogP contribution in [0.25, 0.3) is 5.65 Å². The molecule has 3 rings (SSSR count). The van der Waals surface area contributed by atoms with Crippen molar-refractivity contribution < 1.29 is 4.39 Å². The van der Waals surface area contributed by atoms with Gasteiger partial charge in [-0.15, -0.1) is 0 Å². The van der Waals surface area contributed by atoms with E-state index in [1.54, 1.807) is 12.3 Å². The second kappa shape index (κ2) is 4.30. The van der Waals surface area contributed by atoms with Gasteiger partial charge < -0.3 is 4.40 Å². The minimum Gasteiger partial charge on any atom is -0.307 e. The highest BCUT2D eigenvalue weighted by Crippen LogP contribution is 2.16. The summed E-state index contributed by atoms with van der Waals surface area (Å²) >= 11 is 0. The summed E-state index contributed by atoms with van der Waals surface area (Å²) in [6.45, 7) is 2.08. The molecule has 1 aliphatic heterocycles. The van der Waals surface area contributed by atoms with E-state index < -0.39 is 0 Å². The van der Waals surface area contributed by atoms with E-state index in [4.69, 9.17) is 0 Å². The summed E-state index contributed by atoms with van der Waals surface area (Å²) in [5.74, 6) is -0.0217. The number of imidazole rings is 1. The molecule has 3 heterocycles. The third-order valence-electron chi connectivity index (χ3n) is 3.08. The zero-order valence-corrected chi connectivity index (χ0v) is 9.51. The quantitative estimate of drug-likeness (QED) is 0.791. The molecule has 4 heteroatoms. The van der Waals surface area contributed by atoms with Crippen LogP contribution >= 0.6 is 0 Å². The Kier molecular flexibility index (Phi) is 2.65. The largest absolute Gasteiger partial charge is 0.307 e. The fourth-order valence-corrected chi connectivity index (χ4v) is 2.27. The Morgan fingerprint density at radius 1 is 1.35 bits per heavy atom. The van der Waals surface area contributed by atoms with Crippen molar-refractivity contribution >= 4 is 5.65 Å². The molecule has 2 aromatic rings. The van der Waals surface area contributed by atoms with Crippen molar-refractivity contribution in [2.24, 2.45) is 0 Å². The Morgan fingerprint density at radius 3 is 3.18 bits per heavy atom. The predicted octanol–water partition coefficient (Wildman–Crippen LogP) is 2.39. The van der Waals surface area contributed by atoms with Crippen molar-refractivity contribution in [2.75, 3.05) is 13.1 Å². The Labute approximate surface area is 99.2 Å². The molecular weight excluding hydrogens is 217 g/mol. The standard InChI is InChI=1S/C13H14FN3/c14-12-4-2-6-16(10-12)9-11-3-1-7-17-8-5-15-13(11)17/h1,3-5,7-8H,2,6,9-10H2. The van der Waals surface area contributed by atoms with Gasteiger partial charge in [0.05, 0.1) is 6.54 Å². The van der Waals surface area contributed by atoms with E-state index in [1.807, 2.05) is 22.9 Å². The van der Waals surface area contributed by atoms with Crippen molar-refractivity contribution in [2.45, 2.75) is 13.0 Å². The Balaban J connectivity index is 1.85. The van der Waals surface area contributed by atoms with E-state index in [1.165, 1.54) is 0 Å². The van der Waals surface area contributed by atoms with Crippen LogP contribution in [-0.2, 0) is 6.54 Å². The molecule has 0 aromatic carbocycles. The molecule has 0 unspecified atom stereocenters. The van der Waals surface area contributed by atoms with Crippen LogP contribution in [0.4, 0.5) is 4.39 Å². The van der Waals surface area contributed by atoms with Gasteiger partial charge in [-0.3, -0.25) is 4.90 Å². The molecule has 0 aliphatic carbocycles. The maximum atomic E-state index is 13.2. The molecule has 0 saturated carbocycles. The molecule has 17 heavy (non-hydrogen) atoms. The lowest BCUT2D eigenvalue weighted by atomic mass is 10.2. The second-order valence-corrected chi connectivity index (χ2v) is 4.34. The summed E-state index contributed by atoms with van der Waals surface area (Å²) < 4.78 is 15.2. The molecule has 0 N–H and O–H groups in total. The second-order valence-electron chi connectivity index (χ2n) is 4.34. The molecule has 0 spiro atoms. The van der Waals surface area contributed by atoms with Crippen LogP contribution in [0.2, 0.25) is 0 Å². The Bertz CT molecular complexity index is 559. The van der Waals surface area contributed by atoms with Crippen LogP contribution < -0.4 is 0 Å². The van der Waals surface area contributed by atoms with Crippen molar-refractivity contribution in [1.29, 1.82) is 0 Å². The summed E-state index contributed by atoms with van der Waals surface area (Å²) in [5, 5.41) is 0. The van der Waals surface area contributed by atoms with Gasteiger partial charge >= 0.3 is 0 Å². The van der Waals surface area contributed by atoms with Gasteiger partial charge in [0.15, 0.2) is 0 Å². The van der Waals surface area contributed by atoms with Crippen molar-refractivity contribution in [3.8, 4) is 0 Å². The number of nitrogens with zero attached hydrogens (tertiary/aromatic N) is 3. The molecule has 0 radical (unpaired) electrons. The average molecular weight is 231 g/mol. The molecule has 0 fully saturated rings. The van der Waals surface area contributed by atoms with Gasteiger partial charge in [-0.2, -0.15) is 0 Å². The van der Waals surface area contributed by atoms with E-state index in [-0.39, 0.29) is 5.83 Å². The highest BCUT2D eigenvalue weighted by molar-refractivity contribution is 5.47. The SMILES string of the molecule is FC1=CCCN(Cc2cccn3ccnc23)C1. The molecule has 0 saturated heterocycles. The average Bonchev–Trinajstić information content (AvgIpc) is 2.78. The van der Waals surface area contributed by atoms with Crippen molar-refractivity contribution in [3.63, 3.8) is 0 Å². The molecule has 88 valence electrons. The highest BCUT2D eigenvalue weighted by atomic mass is 19.1. The summed E-state index contributed by atoms with van der Waals surface area (Å²) in [6, 6.07) is 4.05. The lowest BCUT2D eigenvalue weighted by Gasteiger charge is -2.24. The number of fused-ring (bicyclic) bond motifs is 1. The van der Waals surface area contributed by atoms with Gasteiger partial charge in [0.2, 0.25) is 0 Å². The third-order valence-corrected chi connectivity index (χ3v) is 3.08. The lowest BCUT2D eigenvalue weighted by molar-refractivity contribution is 0.260. The van der Waals surface area contributed by atoms with Crippen LogP contribution in [0, 0.1) is 0 Å². The zero-order chi connectivity index (χ0) is 11.7. The molecule has 0 bridgehead atoms. The van der Waals surface area contributed by atoms with E-state index in [0.717, 1.165) is 30.7 Å². The molecule has 1 aliphatic rings. The van der Waals surface area contributed by atoms with E-state index >= 15 is 0 Å². The van der Waals surface area contributed by atoms with Crippen LogP contribution in [0.3, 0.4) is 0 Å². The number of hydrogen-bond acceptors (Lipinski definition) is 2. The van der Waals surface area contributed by atoms with Crippen LogP contribution in [-0.4, -0.2) is 27.4 Å². The number of halogens is 1. The van der Waals surface area contributed by atoms with E-state index in [0.29, 0.717) is 6.54 Å². The molecular formula is C13H14FN3. The maximum Gasteiger partial charge on any atom is 0.141 e. The predicted molar refractivity (Wildman–Crippen MR) is 64.3 cm³/mol. The molecule has 3 nitrogen and oxygen atoms in total. The Hall–Kier alpha value is -1.68. The summed E-state index contributed by atoms with van der Waals surface area (Å²) in [7, 11) is 0. The van der Waals surface area contributed by atoms with Gasteiger partial charge in [-0.25, -0.2) is 9.37 Å². The Morgan fingerprint density at radius 2 is 2.29 bits per heavy atom. The minimum atomic E-state index is -0.0217. The van der Waals surface area contributed by atoms with E-state index in [9.17, 15) is 4.39 Å². The molecule has 2 aromatic heterocycles. The van der Waals surface area contributed by atoms with E-state index in [2.05, 4.69) is 16.0 Å². The lowest BCUT2D eigenvalue weighted by Crippen LogP contribution is -2.28. The summed E-state index contributed by atoms with van der Waals surface area (Å²) in [5.41, 5.74) is 2.11. The van der Waals surface area contributed by atoms with Crippen LogP contribution in [0.5, 0.6) is 0 Å². The number of hydrogen-bond donors (Lipinski definition) is 0. The zero-order valence-electron chi connectivity index (χ0n) is 9.51. The summed E-state index contributed by atoms with van der Waals surface area (Å²) in [4.78, 5) is 6.44. The molecule has 0 amide bonds. The van der Waals surface area contributed by atoms with Gasteiger partial charge in [-0.1, -0.05) is 12.1 Å². The first-order chi connectivity index (χ1) is 8.33. The molecule has 0 atom stereocenters. The first kappa shape index (κ1) is 10.5. The van der Waals surface area contributed by atoms with Crippen molar-refractivity contribution in [3.05, 3.63) is 48.2 Å². The monoisotopic (exact) mass is 231 g/mol. The van der Waals surface area contributed by atoms with Crippen LogP contribution in [0.15, 0.2) is 42.6 Å². The van der Waals surface area contributed by atoms with Gasteiger partial charge in [0.1, 0.15) is 11.5 Å². The normalized spacial score (nSPS) is 17.4.